The molecular formula is C16H34CaO2S. The van der Waals surface area contributed by atoms with Crippen LogP contribution in [0.25, 0.3) is 0 Å². The fraction of sp³-hybridized carbons (Fsp3) is 0.938. The second-order valence-electron chi connectivity index (χ2n) is 5.60. The van der Waals surface area contributed by atoms with Crippen LogP contribution in [0.1, 0.15) is 85.0 Å². The second kappa shape index (κ2) is 13.7. The third kappa shape index (κ3) is 8.50. The molecule has 0 fully saturated rings. The zero-order chi connectivity index (χ0) is 14.7. The van der Waals surface area contributed by atoms with Crippen molar-refractivity contribution in [3.05, 3.63) is 0 Å². The molecule has 0 rings (SSSR count). The van der Waals surface area contributed by atoms with Crippen LogP contribution in [0.2, 0.25) is 0 Å². The molecule has 2 nitrogen and oxygen atoms in total. The first-order valence-corrected chi connectivity index (χ1v) is 8.43. The Morgan fingerprint density at radius 1 is 1.05 bits per heavy atom. The van der Waals surface area contributed by atoms with Crippen molar-refractivity contribution < 1.29 is 9.90 Å². The second-order valence-corrected chi connectivity index (χ2v) is 6.40. The van der Waals surface area contributed by atoms with E-state index < -0.39 is 10.7 Å². The van der Waals surface area contributed by atoms with Gasteiger partial charge in [-0.3, -0.25) is 4.79 Å². The van der Waals surface area contributed by atoms with Gasteiger partial charge in [0.05, 0.1) is 0 Å². The molecule has 2 unspecified atom stereocenters. The Balaban J connectivity index is 0. The number of aliphatic carboxylic acids is 1. The van der Waals surface area contributed by atoms with Gasteiger partial charge in [0.25, 0.3) is 0 Å². The molecule has 0 saturated carbocycles. The van der Waals surface area contributed by atoms with Gasteiger partial charge < -0.3 is 5.11 Å². The monoisotopic (exact) mass is 330 g/mol. The summed E-state index contributed by atoms with van der Waals surface area (Å²) in [6, 6.07) is 0. The van der Waals surface area contributed by atoms with Crippen molar-refractivity contribution in [1.82, 2.24) is 0 Å². The fourth-order valence-corrected chi connectivity index (χ4v) is 3.05. The average Bonchev–Trinajstić information content (AvgIpc) is 2.41. The van der Waals surface area contributed by atoms with Gasteiger partial charge in [0, 0.05) is 0 Å². The van der Waals surface area contributed by atoms with Gasteiger partial charge in [-0.1, -0.05) is 72.1 Å². The zero-order valence-electron chi connectivity index (χ0n) is 13.0. The van der Waals surface area contributed by atoms with Crippen LogP contribution in [-0.4, -0.2) is 53.6 Å². The van der Waals surface area contributed by atoms with Crippen LogP contribution in [-0.2, 0) is 4.79 Å². The Morgan fingerprint density at radius 2 is 1.55 bits per heavy atom. The van der Waals surface area contributed by atoms with E-state index in [1.54, 1.807) is 0 Å². The van der Waals surface area contributed by atoms with E-state index in [1.807, 2.05) is 6.92 Å². The predicted octanol–water partition coefficient (Wildman–Crippen LogP) is 4.40. The van der Waals surface area contributed by atoms with Crippen molar-refractivity contribution in [3.63, 3.8) is 0 Å². The van der Waals surface area contributed by atoms with Crippen molar-refractivity contribution in [1.29, 1.82) is 0 Å². The van der Waals surface area contributed by atoms with Crippen molar-refractivity contribution in [2.75, 3.05) is 0 Å². The molecule has 0 aromatic heterocycles. The molecule has 0 heterocycles. The predicted molar refractivity (Wildman–Crippen MR) is 94.6 cm³/mol. The summed E-state index contributed by atoms with van der Waals surface area (Å²) in [5.74, 6) is -0.567. The first-order valence-electron chi connectivity index (χ1n) is 7.98. The van der Waals surface area contributed by atoms with Crippen LogP contribution in [0.3, 0.4) is 0 Å². The van der Waals surface area contributed by atoms with Crippen LogP contribution in [0.5, 0.6) is 0 Å². The number of carbonyl (C=O) groups is 1. The number of thiol groups is 1. The van der Waals surface area contributed by atoms with Gasteiger partial charge in [-0.2, -0.15) is 12.6 Å². The Kier molecular flexibility index (Phi) is 16.0. The van der Waals surface area contributed by atoms with Gasteiger partial charge in [0.15, 0.2) is 0 Å². The van der Waals surface area contributed by atoms with Crippen molar-refractivity contribution in [2.45, 2.75) is 89.7 Å². The molecule has 0 amide bonds. The molecule has 0 aliphatic heterocycles. The standard InChI is InChI=1S/C16H32O2S.Ca.2H/c1-4-7-8-9-10-11-12-13-14(5-2)16(19,6-3)15(17)18;;;/h14,19H,4-13H2,1-3H3,(H,17,18);;;. The molecule has 0 bridgehead atoms. The summed E-state index contributed by atoms with van der Waals surface area (Å²) >= 11 is 4.46. The Labute approximate surface area is 160 Å². The molecule has 0 saturated heterocycles. The van der Waals surface area contributed by atoms with E-state index in [1.165, 1.54) is 38.5 Å². The minimum atomic E-state index is -0.836. The first-order chi connectivity index (χ1) is 9.02. The molecular weight excluding hydrogens is 296 g/mol. The van der Waals surface area contributed by atoms with Crippen LogP contribution in [0.15, 0.2) is 0 Å². The maximum atomic E-state index is 11.4. The molecule has 0 spiro atoms. The first kappa shape index (κ1) is 23.3. The Hall–Kier alpha value is 1.08. The summed E-state index contributed by atoms with van der Waals surface area (Å²) in [5, 5.41) is 9.36. The van der Waals surface area contributed by atoms with Crippen molar-refractivity contribution in [3.8, 4) is 0 Å². The molecule has 0 aromatic rings. The molecule has 20 heavy (non-hydrogen) atoms. The molecule has 118 valence electrons. The summed E-state index contributed by atoms with van der Waals surface area (Å²) in [6.45, 7) is 6.23. The molecule has 1 N–H and O–H groups in total. The summed E-state index contributed by atoms with van der Waals surface area (Å²) < 4.78 is -0.836. The van der Waals surface area contributed by atoms with E-state index in [2.05, 4.69) is 26.5 Å². The minimum absolute atomic E-state index is 0. The van der Waals surface area contributed by atoms with Crippen LogP contribution in [0, 0.1) is 5.92 Å². The summed E-state index contributed by atoms with van der Waals surface area (Å²) in [6.07, 6.45) is 11.4. The van der Waals surface area contributed by atoms with E-state index in [9.17, 15) is 9.90 Å². The molecule has 2 atom stereocenters. The number of hydrogen-bond donors (Lipinski definition) is 2. The maximum absolute atomic E-state index is 11.4. The van der Waals surface area contributed by atoms with Crippen LogP contribution < -0.4 is 0 Å². The number of carboxylic acids is 1. The van der Waals surface area contributed by atoms with E-state index >= 15 is 0 Å². The third-order valence-electron chi connectivity index (χ3n) is 4.23. The van der Waals surface area contributed by atoms with Gasteiger partial charge in [0.1, 0.15) is 4.75 Å². The van der Waals surface area contributed by atoms with E-state index in [-0.39, 0.29) is 43.7 Å². The third-order valence-corrected chi connectivity index (χ3v) is 5.11. The molecule has 0 aliphatic rings. The summed E-state index contributed by atoms with van der Waals surface area (Å²) in [5.41, 5.74) is 0. The topological polar surface area (TPSA) is 37.3 Å². The normalized spacial score (nSPS) is 15.2. The molecule has 4 heteroatoms. The SMILES string of the molecule is CCCCCCCCCC(CC)C(S)(CC)C(=O)O.[CaH2]. The zero-order valence-corrected chi connectivity index (χ0v) is 13.8. The number of carboxylic acid groups (broad SMARTS) is 1. The fourth-order valence-electron chi connectivity index (χ4n) is 2.74. The summed E-state index contributed by atoms with van der Waals surface area (Å²) in [4.78, 5) is 11.4. The van der Waals surface area contributed by atoms with Crippen LogP contribution >= 0.6 is 12.6 Å². The van der Waals surface area contributed by atoms with Crippen molar-refractivity contribution in [2.24, 2.45) is 5.92 Å². The Morgan fingerprint density at radius 3 is 1.95 bits per heavy atom. The molecule has 0 radical (unpaired) electrons. The van der Waals surface area contributed by atoms with E-state index in [0.717, 1.165) is 19.3 Å². The Bertz CT molecular complexity index is 249. The molecule has 0 aliphatic carbocycles. The van der Waals surface area contributed by atoms with Gasteiger partial charge in [-0.15, -0.1) is 0 Å². The van der Waals surface area contributed by atoms with Gasteiger partial charge in [-0.25, -0.2) is 0 Å². The van der Waals surface area contributed by atoms with Gasteiger partial charge in [0.2, 0.25) is 0 Å². The average molecular weight is 331 g/mol. The van der Waals surface area contributed by atoms with Crippen molar-refractivity contribution >= 4 is 56.3 Å². The van der Waals surface area contributed by atoms with Crippen LogP contribution in [0.4, 0.5) is 0 Å². The summed E-state index contributed by atoms with van der Waals surface area (Å²) in [7, 11) is 0. The van der Waals surface area contributed by atoms with E-state index in [4.69, 9.17) is 0 Å². The van der Waals surface area contributed by atoms with Gasteiger partial charge >= 0.3 is 43.7 Å². The number of unbranched alkanes of at least 4 members (excludes halogenated alkanes) is 6. The quantitative estimate of drug-likeness (QED) is 0.316. The van der Waals surface area contributed by atoms with E-state index in [0.29, 0.717) is 6.42 Å². The number of hydrogen-bond acceptors (Lipinski definition) is 2. The number of rotatable bonds is 12. The molecule has 0 aromatic carbocycles. The van der Waals surface area contributed by atoms with Gasteiger partial charge in [-0.05, 0) is 18.8 Å².